The zero-order valence-electron chi connectivity index (χ0n) is 10.9. The molecule has 1 aliphatic heterocycles. The quantitative estimate of drug-likeness (QED) is 0.930. The van der Waals surface area contributed by atoms with Crippen molar-refractivity contribution in [2.45, 2.75) is 19.9 Å². The lowest BCUT2D eigenvalue weighted by Gasteiger charge is -2.15. The number of fused-ring (bicyclic) bond motifs is 1. The maximum atomic E-state index is 12.0. The van der Waals surface area contributed by atoms with E-state index in [4.69, 9.17) is 9.52 Å². The van der Waals surface area contributed by atoms with Gasteiger partial charge in [-0.1, -0.05) is 18.2 Å². The Kier molecular flexibility index (Phi) is 2.82. The summed E-state index contributed by atoms with van der Waals surface area (Å²) in [7, 11) is 0. The maximum Gasteiger partial charge on any atom is 0.372 e. The molecule has 0 fully saturated rings. The molecule has 0 aliphatic carbocycles. The SMILES string of the molecule is Cc1cc(CN2C(=O)Cc3ccccc32)oc1C(=O)O. The first kappa shape index (κ1) is 12.5. The molecular weight excluding hydrogens is 258 g/mol. The minimum Gasteiger partial charge on any atom is -0.475 e. The van der Waals surface area contributed by atoms with Gasteiger partial charge in [0, 0.05) is 11.3 Å². The van der Waals surface area contributed by atoms with Crippen molar-refractivity contribution in [3.63, 3.8) is 0 Å². The van der Waals surface area contributed by atoms with Crippen LogP contribution in [0, 0.1) is 6.92 Å². The number of hydrogen-bond acceptors (Lipinski definition) is 3. The fourth-order valence-electron chi connectivity index (χ4n) is 2.48. The van der Waals surface area contributed by atoms with Crippen LogP contribution in [0.1, 0.15) is 27.4 Å². The minimum absolute atomic E-state index is 0.00266. The highest BCUT2D eigenvalue weighted by Crippen LogP contribution is 2.30. The van der Waals surface area contributed by atoms with Gasteiger partial charge in [0.2, 0.25) is 11.7 Å². The number of anilines is 1. The molecule has 20 heavy (non-hydrogen) atoms. The topological polar surface area (TPSA) is 70.8 Å². The molecule has 1 aliphatic rings. The van der Waals surface area contributed by atoms with E-state index in [-0.39, 0.29) is 18.2 Å². The Bertz CT molecular complexity index is 702. The summed E-state index contributed by atoms with van der Waals surface area (Å²) in [6.45, 7) is 1.93. The number of hydrogen-bond donors (Lipinski definition) is 1. The Morgan fingerprint density at radius 3 is 2.85 bits per heavy atom. The van der Waals surface area contributed by atoms with Gasteiger partial charge in [-0.05, 0) is 24.6 Å². The van der Waals surface area contributed by atoms with E-state index >= 15 is 0 Å². The lowest BCUT2D eigenvalue weighted by molar-refractivity contribution is -0.117. The number of benzene rings is 1. The highest BCUT2D eigenvalue weighted by Gasteiger charge is 2.28. The van der Waals surface area contributed by atoms with Crippen LogP contribution in [0.3, 0.4) is 0 Å². The number of amides is 1. The fraction of sp³-hybridized carbons (Fsp3) is 0.200. The summed E-state index contributed by atoms with van der Waals surface area (Å²) >= 11 is 0. The number of nitrogens with zero attached hydrogens (tertiary/aromatic N) is 1. The molecule has 2 aromatic rings. The minimum atomic E-state index is -1.10. The summed E-state index contributed by atoms with van der Waals surface area (Å²) in [5, 5.41) is 8.98. The predicted molar refractivity (Wildman–Crippen MR) is 71.7 cm³/mol. The molecule has 0 saturated carbocycles. The van der Waals surface area contributed by atoms with Crippen molar-refractivity contribution < 1.29 is 19.1 Å². The molecule has 5 nitrogen and oxygen atoms in total. The Morgan fingerprint density at radius 2 is 2.15 bits per heavy atom. The largest absolute Gasteiger partial charge is 0.475 e. The van der Waals surface area contributed by atoms with Crippen molar-refractivity contribution in [2.24, 2.45) is 0 Å². The highest BCUT2D eigenvalue weighted by molar-refractivity contribution is 6.01. The van der Waals surface area contributed by atoms with Crippen LogP contribution in [-0.2, 0) is 17.8 Å². The molecule has 1 aromatic heterocycles. The Labute approximate surface area is 115 Å². The molecule has 1 N–H and O–H groups in total. The molecule has 2 heterocycles. The van der Waals surface area contributed by atoms with Crippen LogP contribution in [0.5, 0.6) is 0 Å². The number of carbonyl (C=O) groups excluding carboxylic acids is 1. The first-order valence-electron chi connectivity index (χ1n) is 6.27. The van der Waals surface area contributed by atoms with Gasteiger partial charge in [-0.3, -0.25) is 4.79 Å². The van der Waals surface area contributed by atoms with E-state index in [0.29, 0.717) is 17.7 Å². The first-order chi connectivity index (χ1) is 9.56. The molecule has 0 atom stereocenters. The number of aromatic carboxylic acids is 1. The fourth-order valence-corrected chi connectivity index (χ4v) is 2.48. The molecule has 0 saturated heterocycles. The van der Waals surface area contributed by atoms with Crippen LogP contribution < -0.4 is 4.90 Å². The third-order valence-corrected chi connectivity index (χ3v) is 3.40. The second-order valence-corrected chi connectivity index (χ2v) is 4.82. The smallest absolute Gasteiger partial charge is 0.372 e. The number of carboxylic acid groups (broad SMARTS) is 1. The van der Waals surface area contributed by atoms with Gasteiger partial charge in [0.1, 0.15) is 5.76 Å². The lowest BCUT2D eigenvalue weighted by Crippen LogP contribution is -2.25. The third-order valence-electron chi connectivity index (χ3n) is 3.40. The van der Waals surface area contributed by atoms with Gasteiger partial charge in [-0.2, -0.15) is 0 Å². The zero-order valence-corrected chi connectivity index (χ0v) is 10.9. The van der Waals surface area contributed by atoms with Crippen LogP contribution >= 0.6 is 0 Å². The van der Waals surface area contributed by atoms with Crippen molar-refractivity contribution in [1.29, 1.82) is 0 Å². The molecule has 1 aromatic carbocycles. The van der Waals surface area contributed by atoms with Crippen LogP contribution in [0.25, 0.3) is 0 Å². The van der Waals surface area contributed by atoms with E-state index < -0.39 is 5.97 Å². The summed E-state index contributed by atoms with van der Waals surface area (Å²) in [6, 6.07) is 9.24. The standard InChI is InChI=1S/C15H13NO4/c1-9-6-11(20-14(9)15(18)19)8-16-12-5-3-2-4-10(12)7-13(16)17/h2-6H,7-8H2,1H3,(H,18,19). The van der Waals surface area contributed by atoms with Crippen molar-refractivity contribution in [2.75, 3.05) is 4.90 Å². The monoisotopic (exact) mass is 271 g/mol. The molecule has 1 amide bonds. The maximum absolute atomic E-state index is 12.0. The van der Waals surface area contributed by atoms with Gasteiger partial charge in [-0.15, -0.1) is 0 Å². The molecular formula is C15H13NO4. The van der Waals surface area contributed by atoms with E-state index in [2.05, 4.69) is 0 Å². The average molecular weight is 271 g/mol. The molecule has 0 bridgehead atoms. The number of furan rings is 1. The van der Waals surface area contributed by atoms with Crippen LogP contribution in [0.2, 0.25) is 0 Å². The molecule has 0 unspecified atom stereocenters. The van der Waals surface area contributed by atoms with Crippen molar-refractivity contribution in [3.05, 3.63) is 53.0 Å². The van der Waals surface area contributed by atoms with Gasteiger partial charge in [-0.25, -0.2) is 4.79 Å². The van der Waals surface area contributed by atoms with E-state index in [1.165, 1.54) is 0 Å². The van der Waals surface area contributed by atoms with Gasteiger partial charge < -0.3 is 14.4 Å². The van der Waals surface area contributed by atoms with Crippen LogP contribution in [0.4, 0.5) is 5.69 Å². The Morgan fingerprint density at radius 1 is 1.40 bits per heavy atom. The van der Waals surface area contributed by atoms with E-state index in [1.54, 1.807) is 17.9 Å². The summed E-state index contributed by atoms with van der Waals surface area (Å²) in [4.78, 5) is 24.6. The summed E-state index contributed by atoms with van der Waals surface area (Å²) in [5.41, 5.74) is 2.41. The first-order valence-corrected chi connectivity index (χ1v) is 6.27. The zero-order chi connectivity index (χ0) is 14.3. The van der Waals surface area contributed by atoms with Crippen molar-refractivity contribution in [1.82, 2.24) is 0 Å². The number of carboxylic acids is 1. The Hall–Kier alpha value is -2.56. The summed E-state index contributed by atoms with van der Waals surface area (Å²) in [5.74, 6) is -0.691. The summed E-state index contributed by atoms with van der Waals surface area (Å²) in [6.07, 6.45) is 0.377. The average Bonchev–Trinajstić information content (AvgIpc) is 2.92. The van der Waals surface area contributed by atoms with Crippen LogP contribution in [0.15, 0.2) is 34.7 Å². The van der Waals surface area contributed by atoms with Gasteiger partial charge >= 0.3 is 5.97 Å². The summed E-state index contributed by atoms with van der Waals surface area (Å²) < 4.78 is 5.31. The number of rotatable bonds is 3. The number of aryl methyl sites for hydroxylation is 1. The van der Waals surface area contributed by atoms with Gasteiger partial charge in [0.15, 0.2) is 0 Å². The van der Waals surface area contributed by atoms with E-state index in [0.717, 1.165) is 11.3 Å². The predicted octanol–water partition coefficient (Wildman–Crippen LogP) is 2.38. The van der Waals surface area contributed by atoms with E-state index in [9.17, 15) is 9.59 Å². The Balaban J connectivity index is 1.90. The number of para-hydroxylation sites is 1. The molecule has 0 radical (unpaired) electrons. The lowest BCUT2D eigenvalue weighted by atomic mass is 10.2. The molecule has 102 valence electrons. The second kappa shape index (κ2) is 4.52. The second-order valence-electron chi connectivity index (χ2n) is 4.82. The van der Waals surface area contributed by atoms with E-state index in [1.807, 2.05) is 24.3 Å². The molecule has 3 rings (SSSR count). The number of carbonyl (C=O) groups is 2. The third kappa shape index (κ3) is 1.97. The van der Waals surface area contributed by atoms with Gasteiger partial charge in [0.25, 0.3) is 0 Å². The molecule has 5 heteroatoms. The molecule has 0 spiro atoms. The normalized spacial score (nSPS) is 13.7. The van der Waals surface area contributed by atoms with Gasteiger partial charge in [0.05, 0.1) is 13.0 Å². The highest BCUT2D eigenvalue weighted by atomic mass is 16.4. The van der Waals surface area contributed by atoms with Crippen molar-refractivity contribution in [3.8, 4) is 0 Å². The van der Waals surface area contributed by atoms with Crippen molar-refractivity contribution >= 4 is 17.6 Å². The van der Waals surface area contributed by atoms with Crippen LogP contribution in [-0.4, -0.2) is 17.0 Å².